The van der Waals surface area contributed by atoms with Crippen molar-refractivity contribution in [1.82, 2.24) is 15.1 Å². The molecule has 1 N–H and O–H groups in total. The van der Waals surface area contributed by atoms with Crippen LogP contribution in [0.4, 0.5) is 0 Å². The van der Waals surface area contributed by atoms with E-state index in [4.69, 9.17) is 9.47 Å². The lowest BCUT2D eigenvalue weighted by Gasteiger charge is -2.40. The van der Waals surface area contributed by atoms with Gasteiger partial charge in [-0.05, 0) is 32.2 Å². The number of aromatic nitrogens is 2. The third kappa shape index (κ3) is 3.00. The summed E-state index contributed by atoms with van der Waals surface area (Å²) in [6.45, 7) is 7.69. The van der Waals surface area contributed by atoms with Gasteiger partial charge in [-0.3, -0.25) is 4.68 Å². The van der Waals surface area contributed by atoms with Crippen LogP contribution in [-0.2, 0) is 16.5 Å². The van der Waals surface area contributed by atoms with E-state index in [0.717, 1.165) is 51.3 Å². The number of nitrogens with zero attached hydrogens (tertiary/aromatic N) is 2. The molecule has 5 nitrogen and oxygen atoms in total. The first-order valence-electron chi connectivity index (χ1n) is 8.09. The van der Waals surface area contributed by atoms with Crippen LogP contribution in [0.5, 0.6) is 0 Å². The zero-order chi connectivity index (χ0) is 14.9. The van der Waals surface area contributed by atoms with Gasteiger partial charge in [-0.25, -0.2) is 0 Å². The summed E-state index contributed by atoms with van der Waals surface area (Å²) in [5.74, 6) is 0.586. The van der Waals surface area contributed by atoms with Crippen LogP contribution in [0.1, 0.15) is 43.5 Å². The predicted octanol–water partition coefficient (Wildman–Crippen LogP) is 1.96. The summed E-state index contributed by atoms with van der Waals surface area (Å²) in [7, 11) is 2.00. The van der Waals surface area contributed by atoms with Crippen molar-refractivity contribution in [2.24, 2.45) is 13.0 Å². The molecule has 1 spiro atoms. The predicted molar refractivity (Wildman–Crippen MR) is 81.2 cm³/mol. The van der Waals surface area contributed by atoms with E-state index in [-0.39, 0.29) is 5.60 Å². The van der Waals surface area contributed by atoms with Crippen molar-refractivity contribution in [2.45, 2.75) is 44.8 Å². The van der Waals surface area contributed by atoms with Gasteiger partial charge >= 0.3 is 0 Å². The standard InChI is InChI=1S/C16H27N3O2/c1-4-17-15(14-10-19(3)18-12(14)2)13-5-7-21-16(9-13)6-8-20-11-16/h10,13,15,17H,4-9,11H2,1-3H3. The molecule has 0 radical (unpaired) electrons. The SMILES string of the molecule is CCNC(c1cn(C)nc1C)C1CCOC2(CCOC2)C1. The number of hydrogen-bond donors (Lipinski definition) is 1. The second-order valence-corrected chi connectivity index (χ2v) is 6.47. The third-order valence-corrected chi connectivity index (χ3v) is 4.88. The number of hydrogen-bond acceptors (Lipinski definition) is 4. The van der Waals surface area contributed by atoms with E-state index < -0.39 is 0 Å². The highest BCUT2D eigenvalue weighted by Crippen LogP contribution is 2.41. The van der Waals surface area contributed by atoms with Gasteiger partial charge in [0.25, 0.3) is 0 Å². The van der Waals surface area contributed by atoms with E-state index >= 15 is 0 Å². The second-order valence-electron chi connectivity index (χ2n) is 6.47. The van der Waals surface area contributed by atoms with Crippen LogP contribution >= 0.6 is 0 Å². The first-order chi connectivity index (χ1) is 10.1. The van der Waals surface area contributed by atoms with E-state index in [1.807, 2.05) is 11.7 Å². The Labute approximate surface area is 127 Å². The van der Waals surface area contributed by atoms with Crippen LogP contribution in [0.2, 0.25) is 0 Å². The summed E-state index contributed by atoms with van der Waals surface area (Å²) >= 11 is 0. The molecule has 118 valence electrons. The number of nitrogens with one attached hydrogen (secondary N) is 1. The molecular weight excluding hydrogens is 266 g/mol. The lowest BCUT2D eigenvalue weighted by Crippen LogP contribution is -2.44. The van der Waals surface area contributed by atoms with Crippen molar-refractivity contribution in [3.63, 3.8) is 0 Å². The van der Waals surface area contributed by atoms with E-state index in [1.165, 1.54) is 5.56 Å². The molecule has 0 bridgehead atoms. The molecule has 3 rings (SSSR count). The third-order valence-electron chi connectivity index (χ3n) is 4.88. The van der Waals surface area contributed by atoms with Gasteiger partial charge in [0.2, 0.25) is 0 Å². The Bertz CT molecular complexity index is 480. The molecule has 1 aromatic rings. The van der Waals surface area contributed by atoms with E-state index in [0.29, 0.717) is 12.0 Å². The van der Waals surface area contributed by atoms with E-state index in [1.54, 1.807) is 0 Å². The van der Waals surface area contributed by atoms with Gasteiger partial charge in [0.1, 0.15) is 0 Å². The molecule has 2 aliphatic rings. The largest absolute Gasteiger partial charge is 0.378 e. The minimum atomic E-state index is -0.0350. The molecule has 0 saturated carbocycles. The molecule has 1 aromatic heterocycles. The van der Waals surface area contributed by atoms with Gasteiger partial charge in [-0.15, -0.1) is 0 Å². The Balaban J connectivity index is 1.81. The van der Waals surface area contributed by atoms with Gasteiger partial charge in [0.15, 0.2) is 0 Å². The highest BCUT2D eigenvalue weighted by molar-refractivity contribution is 5.21. The first kappa shape index (κ1) is 15.0. The van der Waals surface area contributed by atoms with Crippen molar-refractivity contribution in [2.75, 3.05) is 26.4 Å². The Kier molecular flexibility index (Phi) is 4.33. The zero-order valence-electron chi connectivity index (χ0n) is 13.4. The Morgan fingerprint density at radius 3 is 3.00 bits per heavy atom. The quantitative estimate of drug-likeness (QED) is 0.922. The summed E-state index contributed by atoms with van der Waals surface area (Å²) in [5, 5.41) is 8.20. The lowest BCUT2D eigenvalue weighted by molar-refractivity contribution is -0.103. The van der Waals surface area contributed by atoms with Crippen LogP contribution in [0.3, 0.4) is 0 Å². The molecule has 5 heteroatoms. The maximum atomic E-state index is 6.08. The van der Waals surface area contributed by atoms with Gasteiger partial charge < -0.3 is 14.8 Å². The van der Waals surface area contributed by atoms with Crippen LogP contribution in [-0.4, -0.2) is 41.7 Å². The fraction of sp³-hybridized carbons (Fsp3) is 0.812. The minimum Gasteiger partial charge on any atom is -0.378 e. The number of aryl methyl sites for hydroxylation is 2. The molecule has 0 amide bonds. The lowest BCUT2D eigenvalue weighted by atomic mass is 9.79. The van der Waals surface area contributed by atoms with E-state index in [2.05, 4.69) is 30.5 Å². The molecule has 3 heterocycles. The molecule has 3 unspecified atom stereocenters. The Morgan fingerprint density at radius 1 is 1.52 bits per heavy atom. The van der Waals surface area contributed by atoms with Crippen molar-refractivity contribution < 1.29 is 9.47 Å². The second kappa shape index (κ2) is 6.07. The highest BCUT2D eigenvalue weighted by Gasteiger charge is 2.43. The molecule has 21 heavy (non-hydrogen) atoms. The summed E-state index contributed by atoms with van der Waals surface area (Å²) in [5.41, 5.74) is 2.43. The monoisotopic (exact) mass is 293 g/mol. The van der Waals surface area contributed by atoms with Crippen molar-refractivity contribution in [1.29, 1.82) is 0 Å². The fourth-order valence-corrected chi connectivity index (χ4v) is 3.89. The van der Waals surface area contributed by atoms with Crippen LogP contribution < -0.4 is 5.32 Å². The van der Waals surface area contributed by atoms with Crippen LogP contribution in [0.25, 0.3) is 0 Å². The summed E-state index contributed by atoms with van der Waals surface area (Å²) in [4.78, 5) is 0. The minimum absolute atomic E-state index is 0.0350. The van der Waals surface area contributed by atoms with Crippen molar-refractivity contribution in [3.8, 4) is 0 Å². The van der Waals surface area contributed by atoms with Crippen molar-refractivity contribution >= 4 is 0 Å². The fourth-order valence-electron chi connectivity index (χ4n) is 3.89. The molecule has 2 aliphatic heterocycles. The molecular formula is C16H27N3O2. The summed E-state index contributed by atoms with van der Waals surface area (Å²) in [6, 6.07) is 0.366. The average molecular weight is 293 g/mol. The smallest absolute Gasteiger partial charge is 0.0940 e. The van der Waals surface area contributed by atoms with Crippen LogP contribution in [0.15, 0.2) is 6.20 Å². The van der Waals surface area contributed by atoms with Gasteiger partial charge in [-0.1, -0.05) is 6.92 Å². The topological polar surface area (TPSA) is 48.3 Å². The zero-order valence-corrected chi connectivity index (χ0v) is 13.4. The number of ether oxygens (including phenoxy) is 2. The number of rotatable bonds is 4. The van der Waals surface area contributed by atoms with Gasteiger partial charge in [-0.2, -0.15) is 5.10 Å². The Hall–Kier alpha value is -0.910. The first-order valence-corrected chi connectivity index (χ1v) is 8.09. The molecule has 2 fully saturated rings. The summed E-state index contributed by atoms with van der Waals surface area (Å²) < 4.78 is 13.6. The average Bonchev–Trinajstić information content (AvgIpc) is 3.03. The van der Waals surface area contributed by atoms with Gasteiger partial charge in [0, 0.05) is 44.5 Å². The van der Waals surface area contributed by atoms with E-state index in [9.17, 15) is 0 Å². The maximum absolute atomic E-state index is 6.08. The maximum Gasteiger partial charge on any atom is 0.0940 e. The highest BCUT2D eigenvalue weighted by atomic mass is 16.6. The molecule has 3 atom stereocenters. The van der Waals surface area contributed by atoms with Crippen molar-refractivity contribution in [3.05, 3.63) is 17.5 Å². The molecule has 2 saturated heterocycles. The Morgan fingerprint density at radius 2 is 2.38 bits per heavy atom. The molecule has 0 aromatic carbocycles. The van der Waals surface area contributed by atoms with Gasteiger partial charge in [0.05, 0.1) is 17.9 Å². The van der Waals surface area contributed by atoms with Crippen LogP contribution in [0, 0.1) is 12.8 Å². The molecule has 0 aliphatic carbocycles. The normalized spacial score (nSPS) is 30.9. The summed E-state index contributed by atoms with van der Waals surface area (Å²) in [6.07, 6.45) is 5.39.